The summed E-state index contributed by atoms with van der Waals surface area (Å²) in [7, 11) is 0. The zero-order valence-corrected chi connectivity index (χ0v) is 7.47. The molecule has 0 bridgehead atoms. The number of allylic oxidation sites excluding steroid dienone is 2. The molecule has 66 valence electrons. The summed E-state index contributed by atoms with van der Waals surface area (Å²) in [5, 5.41) is 3.30. The predicted octanol–water partition coefficient (Wildman–Crippen LogP) is 1.27. The van der Waals surface area contributed by atoms with Crippen molar-refractivity contribution in [2.75, 3.05) is 6.54 Å². The molecule has 2 aliphatic rings. The standard InChI is InChI=1S/C10H15NO/c1-8(12)9-6-10(7-11-9)4-2-3-5-10/h2-3,9,11H,4-7H2,1H3/t9-/m0/s1. The van der Waals surface area contributed by atoms with E-state index in [4.69, 9.17) is 0 Å². The van der Waals surface area contributed by atoms with Crippen LogP contribution in [0.3, 0.4) is 0 Å². The first-order valence-corrected chi connectivity index (χ1v) is 4.61. The molecular formula is C10H15NO. The van der Waals surface area contributed by atoms with Crippen molar-refractivity contribution in [3.63, 3.8) is 0 Å². The molecule has 1 N–H and O–H groups in total. The molecule has 2 rings (SSSR count). The van der Waals surface area contributed by atoms with Crippen LogP contribution in [0.5, 0.6) is 0 Å². The van der Waals surface area contributed by atoms with Gasteiger partial charge in [-0.3, -0.25) is 4.79 Å². The van der Waals surface area contributed by atoms with E-state index < -0.39 is 0 Å². The molecule has 0 aromatic rings. The molecule has 1 fully saturated rings. The number of nitrogens with one attached hydrogen (secondary N) is 1. The Hall–Kier alpha value is -0.630. The van der Waals surface area contributed by atoms with E-state index in [9.17, 15) is 4.79 Å². The summed E-state index contributed by atoms with van der Waals surface area (Å²) in [6, 6.07) is 0.130. The second kappa shape index (κ2) is 2.70. The second-order valence-electron chi connectivity index (χ2n) is 4.13. The molecule has 1 saturated heterocycles. The van der Waals surface area contributed by atoms with Gasteiger partial charge >= 0.3 is 0 Å². The van der Waals surface area contributed by atoms with Gasteiger partial charge < -0.3 is 5.32 Å². The number of Topliss-reactive ketones (excluding diaryl/α,β-unsaturated/α-hetero) is 1. The smallest absolute Gasteiger partial charge is 0.146 e. The minimum absolute atomic E-state index is 0.130. The number of carbonyl (C=O) groups is 1. The molecular weight excluding hydrogens is 150 g/mol. The monoisotopic (exact) mass is 165 g/mol. The highest BCUT2D eigenvalue weighted by molar-refractivity contribution is 5.81. The molecule has 0 radical (unpaired) electrons. The lowest BCUT2D eigenvalue weighted by atomic mass is 9.83. The van der Waals surface area contributed by atoms with Crippen molar-refractivity contribution in [3.05, 3.63) is 12.2 Å². The van der Waals surface area contributed by atoms with Crippen LogP contribution in [-0.2, 0) is 4.79 Å². The van der Waals surface area contributed by atoms with E-state index >= 15 is 0 Å². The van der Waals surface area contributed by atoms with E-state index in [1.807, 2.05) is 0 Å². The van der Waals surface area contributed by atoms with Gasteiger partial charge in [-0.2, -0.15) is 0 Å². The summed E-state index contributed by atoms with van der Waals surface area (Å²) in [6.07, 6.45) is 7.83. The Morgan fingerprint density at radius 1 is 1.50 bits per heavy atom. The zero-order valence-electron chi connectivity index (χ0n) is 7.47. The van der Waals surface area contributed by atoms with E-state index in [0.717, 1.165) is 25.8 Å². The maximum absolute atomic E-state index is 11.1. The maximum atomic E-state index is 11.1. The normalized spacial score (nSPS) is 31.6. The molecule has 2 heteroatoms. The Morgan fingerprint density at radius 2 is 2.17 bits per heavy atom. The summed E-state index contributed by atoms with van der Waals surface area (Å²) in [6.45, 7) is 2.70. The van der Waals surface area contributed by atoms with Gasteiger partial charge in [0.25, 0.3) is 0 Å². The van der Waals surface area contributed by atoms with Crippen LogP contribution in [0.15, 0.2) is 12.2 Å². The first-order chi connectivity index (χ1) is 5.72. The summed E-state index contributed by atoms with van der Waals surface area (Å²) in [4.78, 5) is 11.1. The predicted molar refractivity (Wildman–Crippen MR) is 47.9 cm³/mol. The molecule has 0 aromatic heterocycles. The van der Waals surface area contributed by atoms with E-state index in [1.165, 1.54) is 0 Å². The van der Waals surface area contributed by atoms with Gasteiger partial charge in [-0.1, -0.05) is 12.2 Å². The van der Waals surface area contributed by atoms with E-state index in [2.05, 4.69) is 17.5 Å². The van der Waals surface area contributed by atoms with Crippen LogP contribution in [0.4, 0.5) is 0 Å². The average Bonchev–Trinajstić information content (AvgIpc) is 2.62. The fourth-order valence-corrected chi connectivity index (χ4v) is 2.27. The molecule has 1 atom stereocenters. The van der Waals surface area contributed by atoms with Crippen molar-refractivity contribution >= 4 is 5.78 Å². The third kappa shape index (κ3) is 1.20. The van der Waals surface area contributed by atoms with Crippen molar-refractivity contribution in [1.82, 2.24) is 5.32 Å². The lowest BCUT2D eigenvalue weighted by molar-refractivity contribution is -0.118. The van der Waals surface area contributed by atoms with Crippen LogP contribution in [-0.4, -0.2) is 18.4 Å². The van der Waals surface area contributed by atoms with Gasteiger partial charge in [0.2, 0.25) is 0 Å². The van der Waals surface area contributed by atoms with Crippen LogP contribution in [0.2, 0.25) is 0 Å². The lowest BCUT2D eigenvalue weighted by Gasteiger charge is -2.20. The van der Waals surface area contributed by atoms with Crippen molar-refractivity contribution in [2.45, 2.75) is 32.2 Å². The quantitative estimate of drug-likeness (QED) is 0.593. The van der Waals surface area contributed by atoms with Crippen LogP contribution in [0.1, 0.15) is 26.2 Å². The first kappa shape index (κ1) is 7.99. The fourth-order valence-electron chi connectivity index (χ4n) is 2.27. The Labute approximate surface area is 73.0 Å². The van der Waals surface area contributed by atoms with Gasteiger partial charge in [0, 0.05) is 6.54 Å². The van der Waals surface area contributed by atoms with Gasteiger partial charge in [0.05, 0.1) is 6.04 Å². The topological polar surface area (TPSA) is 29.1 Å². The summed E-state index contributed by atoms with van der Waals surface area (Å²) in [5.74, 6) is 0.291. The third-order valence-electron chi connectivity index (χ3n) is 3.12. The highest BCUT2D eigenvalue weighted by Crippen LogP contribution is 2.40. The van der Waals surface area contributed by atoms with E-state index in [0.29, 0.717) is 11.2 Å². The summed E-state index contributed by atoms with van der Waals surface area (Å²) >= 11 is 0. The molecule has 1 heterocycles. The maximum Gasteiger partial charge on any atom is 0.146 e. The van der Waals surface area contributed by atoms with Crippen LogP contribution in [0.25, 0.3) is 0 Å². The number of hydrogen-bond acceptors (Lipinski definition) is 2. The minimum Gasteiger partial charge on any atom is -0.307 e. The van der Waals surface area contributed by atoms with E-state index in [-0.39, 0.29) is 6.04 Å². The third-order valence-corrected chi connectivity index (χ3v) is 3.12. The number of hydrogen-bond donors (Lipinski definition) is 1. The molecule has 2 nitrogen and oxygen atoms in total. The molecule has 1 aliphatic heterocycles. The average molecular weight is 165 g/mol. The molecule has 1 spiro atoms. The molecule has 0 amide bonds. The van der Waals surface area contributed by atoms with E-state index in [1.54, 1.807) is 6.92 Å². The van der Waals surface area contributed by atoms with Gasteiger partial charge in [-0.05, 0) is 31.6 Å². The highest BCUT2D eigenvalue weighted by atomic mass is 16.1. The molecule has 12 heavy (non-hydrogen) atoms. The van der Waals surface area contributed by atoms with Crippen molar-refractivity contribution in [1.29, 1.82) is 0 Å². The van der Waals surface area contributed by atoms with Crippen molar-refractivity contribution < 1.29 is 4.79 Å². The van der Waals surface area contributed by atoms with Crippen LogP contribution < -0.4 is 5.32 Å². The second-order valence-corrected chi connectivity index (χ2v) is 4.13. The Balaban J connectivity index is 2.02. The molecule has 0 unspecified atom stereocenters. The Kier molecular flexibility index (Phi) is 1.80. The van der Waals surface area contributed by atoms with Gasteiger partial charge in [-0.25, -0.2) is 0 Å². The van der Waals surface area contributed by atoms with Crippen LogP contribution in [0, 0.1) is 5.41 Å². The van der Waals surface area contributed by atoms with Crippen molar-refractivity contribution in [3.8, 4) is 0 Å². The van der Waals surface area contributed by atoms with Crippen molar-refractivity contribution in [2.24, 2.45) is 5.41 Å². The Morgan fingerprint density at radius 3 is 2.67 bits per heavy atom. The highest BCUT2D eigenvalue weighted by Gasteiger charge is 2.40. The lowest BCUT2D eigenvalue weighted by Crippen LogP contribution is -2.28. The number of rotatable bonds is 1. The van der Waals surface area contributed by atoms with Gasteiger partial charge in [0.1, 0.15) is 5.78 Å². The fraction of sp³-hybridized carbons (Fsp3) is 0.700. The largest absolute Gasteiger partial charge is 0.307 e. The Bertz CT molecular complexity index is 224. The molecule has 0 saturated carbocycles. The SMILES string of the molecule is CC(=O)[C@@H]1CC2(CC=CC2)CN1. The number of ketones is 1. The zero-order chi connectivity index (χ0) is 8.60. The minimum atomic E-state index is 0.130. The van der Waals surface area contributed by atoms with Crippen LogP contribution >= 0.6 is 0 Å². The molecule has 0 aromatic carbocycles. The number of carbonyl (C=O) groups excluding carboxylic acids is 1. The first-order valence-electron chi connectivity index (χ1n) is 4.61. The van der Waals surface area contributed by atoms with Gasteiger partial charge in [-0.15, -0.1) is 0 Å². The summed E-state index contributed by atoms with van der Waals surface area (Å²) < 4.78 is 0. The van der Waals surface area contributed by atoms with Gasteiger partial charge in [0.15, 0.2) is 0 Å². The molecule has 1 aliphatic carbocycles. The summed E-state index contributed by atoms with van der Waals surface area (Å²) in [5.41, 5.74) is 0.399.